The van der Waals surface area contributed by atoms with Crippen LogP contribution in [0.25, 0.3) is 0 Å². The first kappa shape index (κ1) is 12.1. The van der Waals surface area contributed by atoms with Gasteiger partial charge < -0.3 is 5.11 Å². The maximum atomic E-state index is 12.7. The van der Waals surface area contributed by atoms with Crippen molar-refractivity contribution in [2.24, 2.45) is 0 Å². The fraction of sp³-hybridized carbons (Fsp3) is 0.143. The molecule has 0 saturated carbocycles. The highest BCUT2D eigenvalue weighted by Gasteiger charge is 2.08. The first-order valence-electron chi connectivity index (χ1n) is 5.33. The van der Waals surface area contributed by atoms with Crippen molar-refractivity contribution in [2.75, 3.05) is 0 Å². The summed E-state index contributed by atoms with van der Waals surface area (Å²) >= 11 is 5.86. The van der Waals surface area contributed by atoms with Gasteiger partial charge in [0.1, 0.15) is 5.82 Å². The van der Waals surface area contributed by atoms with E-state index in [0.29, 0.717) is 17.0 Å². The summed E-state index contributed by atoms with van der Waals surface area (Å²) in [4.78, 5) is 0. The molecular formula is C14H12ClFO. The van der Waals surface area contributed by atoms with Crippen LogP contribution in [0.3, 0.4) is 0 Å². The van der Waals surface area contributed by atoms with Gasteiger partial charge in [0.25, 0.3) is 0 Å². The highest BCUT2D eigenvalue weighted by molar-refractivity contribution is 6.30. The Kier molecular flexibility index (Phi) is 3.77. The lowest BCUT2D eigenvalue weighted by Gasteiger charge is -2.11. The van der Waals surface area contributed by atoms with Gasteiger partial charge in [-0.25, -0.2) is 4.39 Å². The lowest BCUT2D eigenvalue weighted by atomic mass is 10.0. The smallest absolute Gasteiger partial charge is 0.123 e. The van der Waals surface area contributed by atoms with Gasteiger partial charge in [-0.3, -0.25) is 0 Å². The Morgan fingerprint density at radius 3 is 2.47 bits per heavy atom. The van der Waals surface area contributed by atoms with Crippen LogP contribution < -0.4 is 0 Å². The molecule has 1 unspecified atom stereocenters. The van der Waals surface area contributed by atoms with Crippen LogP contribution in [0.15, 0.2) is 48.5 Å². The SMILES string of the molecule is OC(Cc1cccc(Cl)c1)c1ccc(F)cc1. The van der Waals surface area contributed by atoms with E-state index < -0.39 is 6.10 Å². The fourth-order valence-corrected chi connectivity index (χ4v) is 1.90. The normalized spacial score (nSPS) is 12.4. The highest BCUT2D eigenvalue weighted by atomic mass is 35.5. The van der Waals surface area contributed by atoms with E-state index in [4.69, 9.17) is 11.6 Å². The predicted octanol–water partition coefficient (Wildman–Crippen LogP) is 3.76. The number of aliphatic hydroxyl groups excluding tert-OH is 1. The zero-order chi connectivity index (χ0) is 12.3. The minimum absolute atomic E-state index is 0.302. The van der Waals surface area contributed by atoms with E-state index in [-0.39, 0.29) is 5.82 Å². The first-order chi connectivity index (χ1) is 8.15. The molecule has 0 aromatic heterocycles. The number of rotatable bonds is 3. The van der Waals surface area contributed by atoms with Crippen molar-refractivity contribution >= 4 is 11.6 Å². The zero-order valence-electron chi connectivity index (χ0n) is 9.11. The molecule has 0 aliphatic rings. The van der Waals surface area contributed by atoms with Crippen molar-refractivity contribution in [1.29, 1.82) is 0 Å². The third-order valence-electron chi connectivity index (χ3n) is 2.57. The van der Waals surface area contributed by atoms with Crippen molar-refractivity contribution in [1.82, 2.24) is 0 Å². The van der Waals surface area contributed by atoms with Gasteiger partial charge in [0.05, 0.1) is 6.10 Å². The van der Waals surface area contributed by atoms with Crippen molar-refractivity contribution in [2.45, 2.75) is 12.5 Å². The average Bonchev–Trinajstić information content (AvgIpc) is 2.29. The Morgan fingerprint density at radius 1 is 1.12 bits per heavy atom. The summed E-state index contributed by atoms with van der Waals surface area (Å²) in [5, 5.41) is 10.6. The molecule has 1 N–H and O–H groups in total. The Hall–Kier alpha value is -1.38. The predicted molar refractivity (Wildman–Crippen MR) is 66.5 cm³/mol. The quantitative estimate of drug-likeness (QED) is 0.880. The molecule has 0 fully saturated rings. The van der Waals surface area contributed by atoms with Crippen molar-refractivity contribution in [3.8, 4) is 0 Å². The van der Waals surface area contributed by atoms with Gasteiger partial charge in [-0.05, 0) is 35.4 Å². The molecule has 0 aliphatic carbocycles. The van der Waals surface area contributed by atoms with Gasteiger partial charge in [-0.1, -0.05) is 35.9 Å². The minimum Gasteiger partial charge on any atom is -0.388 e. The topological polar surface area (TPSA) is 20.2 Å². The fourth-order valence-electron chi connectivity index (χ4n) is 1.69. The monoisotopic (exact) mass is 250 g/mol. The van der Waals surface area contributed by atoms with Crippen LogP contribution in [0, 0.1) is 5.82 Å². The summed E-state index contributed by atoms with van der Waals surface area (Å²) in [6.45, 7) is 0. The van der Waals surface area contributed by atoms with E-state index in [1.54, 1.807) is 18.2 Å². The largest absolute Gasteiger partial charge is 0.388 e. The number of hydrogen-bond donors (Lipinski definition) is 1. The summed E-state index contributed by atoms with van der Waals surface area (Å²) in [5.74, 6) is -0.302. The standard InChI is InChI=1S/C14H12ClFO/c15-12-3-1-2-10(8-12)9-14(17)11-4-6-13(16)7-5-11/h1-8,14,17H,9H2. The first-order valence-corrected chi connectivity index (χ1v) is 5.71. The van der Waals surface area contributed by atoms with Gasteiger partial charge >= 0.3 is 0 Å². The number of benzene rings is 2. The Labute approximate surface area is 104 Å². The van der Waals surface area contributed by atoms with Crippen molar-refractivity contribution in [3.63, 3.8) is 0 Å². The van der Waals surface area contributed by atoms with Crippen LogP contribution in [-0.4, -0.2) is 5.11 Å². The second kappa shape index (κ2) is 5.30. The molecule has 0 spiro atoms. The number of hydrogen-bond acceptors (Lipinski definition) is 1. The van der Waals surface area contributed by atoms with E-state index in [1.165, 1.54) is 12.1 Å². The van der Waals surface area contributed by atoms with Gasteiger partial charge in [-0.2, -0.15) is 0 Å². The van der Waals surface area contributed by atoms with Crippen molar-refractivity contribution in [3.05, 3.63) is 70.5 Å². The summed E-state index contributed by atoms with van der Waals surface area (Å²) in [5.41, 5.74) is 1.65. The minimum atomic E-state index is -0.644. The van der Waals surface area contributed by atoms with Crippen LogP contribution in [0.1, 0.15) is 17.2 Å². The second-order valence-corrected chi connectivity index (χ2v) is 4.34. The lowest BCUT2D eigenvalue weighted by Crippen LogP contribution is -2.01. The molecule has 0 radical (unpaired) electrons. The average molecular weight is 251 g/mol. The Balaban J connectivity index is 2.11. The van der Waals surface area contributed by atoms with Crippen LogP contribution in [0.2, 0.25) is 5.02 Å². The maximum Gasteiger partial charge on any atom is 0.123 e. The highest BCUT2D eigenvalue weighted by Crippen LogP contribution is 2.20. The molecule has 0 saturated heterocycles. The molecule has 2 aromatic rings. The van der Waals surface area contributed by atoms with Crippen molar-refractivity contribution < 1.29 is 9.50 Å². The molecule has 17 heavy (non-hydrogen) atoms. The van der Waals surface area contributed by atoms with Crippen LogP contribution in [-0.2, 0) is 6.42 Å². The molecule has 1 atom stereocenters. The van der Waals surface area contributed by atoms with Crippen LogP contribution in [0.5, 0.6) is 0 Å². The Morgan fingerprint density at radius 2 is 1.82 bits per heavy atom. The molecule has 0 amide bonds. The number of aliphatic hydroxyl groups is 1. The second-order valence-electron chi connectivity index (χ2n) is 3.90. The molecule has 88 valence electrons. The van der Waals surface area contributed by atoms with Gasteiger partial charge in [0.2, 0.25) is 0 Å². The summed E-state index contributed by atoms with van der Waals surface area (Å²) in [6.07, 6.45) is -0.180. The molecule has 1 nitrogen and oxygen atoms in total. The van der Waals surface area contributed by atoms with E-state index in [1.807, 2.05) is 18.2 Å². The lowest BCUT2D eigenvalue weighted by molar-refractivity contribution is 0.178. The van der Waals surface area contributed by atoms with E-state index >= 15 is 0 Å². The molecule has 2 rings (SSSR count). The summed E-state index contributed by atoms with van der Waals surface area (Å²) in [7, 11) is 0. The van der Waals surface area contributed by atoms with E-state index in [9.17, 15) is 9.50 Å². The third kappa shape index (κ3) is 3.29. The molecule has 3 heteroatoms. The third-order valence-corrected chi connectivity index (χ3v) is 2.81. The molecule has 2 aromatic carbocycles. The van der Waals surface area contributed by atoms with Crippen LogP contribution in [0.4, 0.5) is 4.39 Å². The molecule has 0 heterocycles. The van der Waals surface area contributed by atoms with Gasteiger partial charge in [0.15, 0.2) is 0 Å². The molecule has 0 bridgehead atoms. The van der Waals surface area contributed by atoms with E-state index in [2.05, 4.69) is 0 Å². The molecular weight excluding hydrogens is 239 g/mol. The number of halogens is 2. The van der Waals surface area contributed by atoms with Gasteiger partial charge in [-0.15, -0.1) is 0 Å². The zero-order valence-corrected chi connectivity index (χ0v) is 9.86. The summed E-state index contributed by atoms with van der Waals surface area (Å²) < 4.78 is 12.7. The van der Waals surface area contributed by atoms with Crippen LogP contribution >= 0.6 is 11.6 Å². The van der Waals surface area contributed by atoms with Gasteiger partial charge in [0, 0.05) is 11.4 Å². The summed E-state index contributed by atoms with van der Waals surface area (Å²) in [6, 6.07) is 13.2. The maximum absolute atomic E-state index is 12.7. The molecule has 0 aliphatic heterocycles. The Bertz CT molecular complexity index is 496. The van der Waals surface area contributed by atoms with E-state index in [0.717, 1.165) is 5.56 Å².